The van der Waals surface area contributed by atoms with E-state index >= 15 is 0 Å². The van der Waals surface area contributed by atoms with Crippen molar-refractivity contribution in [3.05, 3.63) is 36.1 Å². The molecular weight excluding hydrogens is 124 g/mol. The van der Waals surface area contributed by atoms with Crippen LogP contribution in [0.1, 0.15) is 0 Å². The van der Waals surface area contributed by atoms with Gasteiger partial charge in [-0.25, -0.2) is 0 Å². The van der Waals surface area contributed by atoms with E-state index in [1.165, 1.54) is 0 Å². The predicted octanol–water partition coefficient (Wildman–Crippen LogP) is 1.03. The van der Waals surface area contributed by atoms with Crippen LogP contribution in [0, 0.1) is 0 Å². The van der Waals surface area contributed by atoms with Crippen LogP contribution in [0.5, 0.6) is 0 Å². The van der Waals surface area contributed by atoms with Crippen molar-refractivity contribution in [2.24, 2.45) is 10.7 Å². The quantitative estimate of drug-likeness (QED) is 0.528. The van der Waals surface area contributed by atoms with Gasteiger partial charge in [0.1, 0.15) is 0 Å². The Kier molecular flexibility index (Phi) is 2.49. The van der Waals surface area contributed by atoms with Gasteiger partial charge in [-0.15, -0.1) is 0 Å². The fourth-order valence-corrected chi connectivity index (χ4v) is 0.628. The zero-order valence-electron chi connectivity index (χ0n) is 5.70. The van der Waals surface area contributed by atoms with Gasteiger partial charge in [-0.05, 0) is 18.2 Å². The van der Waals surface area contributed by atoms with Crippen LogP contribution in [0.2, 0.25) is 0 Å². The lowest BCUT2D eigenvalue weighted by atomic mass is 10.3. The summed E-state index contributed by atoms with van der Waals surface area (Å²) in [5, 5.41) is 0. The van der Waals surface area contributed by atoms with Gasteiger partial charge in [0.05, 0.1) is 6.54 Å². The van der Waals surface area contributed by atoms with E-state index in [9.17, 15) is 0 Å². The van der Waals surface area contributed by atoms with E-state index in [0.29, 0.717) is 6.54 Å². The Bertz CT molecular complexity index is 207. The summed E-state index contributed by atoms with van der Waals surface area (Å²) in [7, 11) is 0. The standard InChI is InChI=1S/C8H10N2/c9-8-4-2-1-3-6-10-7-5-8/h1-6H,7,9H2/b3-1-,4-2-,8-5+,10-6?. The molecule has 0 bridgehead atoms. The summed E-state index contributed by atoms with van der Waals surface area (Å²) < 4.78 is 0. The maximum Gasteiger partial charge on any atom is 0.0592 e. The van der Waals surface area contributed by atoms with Gasteiger partial charge in [0, 0.05) is 11.9 Å². The molecule has 52 valence electrons. The summed E-state index contributed by atoms with van der Waals surface area (Å²) in [6.07, 6.45) is 11.2. The normalized spacial score (nSPS) is 29.0. The Morgan fingerprint density at radius 1 is 1.30 bits per heavy atom. The number of rotatable bonds is 0. The lowest BCUT2D eigenvalue weighted by molar-refractivity contribution is 1.22. The zero-order chi connectivity index (χ0) is 7.23. The molecule has 0 aromatic heterocycles. The minimum atomic E-state index is 0.667. The second-order valence-corrected chi connectivity index (χ2v) is 1.96. The molecule has 0 saturated heterocycles. The molecule has 2 N–H and O–H groups in total. The minimum Gasteiger partial charge on any atom is -0.399 e. The van der Waals surface area contributed by atoms with Gasteiger partial charge in [-0.1, -0.05) is 12.2 Å². The summed E-state index contributed by atoms with van der Waals surface area (Å²) in [5.41, 5.74) is 6.31. The molecule has 2 heteroatoms. The number of nitrogens with zero attached hydrogens (tertiary/aromatic N) is 1. The molecule has 0 amide bonds. The molecule has 0 saturated carbocycles. The number of hydrogen-bond acceptors (Lipinski definition) is 2. The molecule has 0 aromatic rings. The van der Waals surface area contributed by atoms with E-state index < -0.39 is 0 Å². The summed E-state index contributed by atoms with van der Waals surface area (Å²) >= 11 is 0. The molecule has 0 unspecified atom stereocenters. The lowest BCUT2D eigenvalue weighted by Crippen LogP contribution is -1.92. The van der Waals surface area contributed by atoms with E-state index in [1.54, 1.807) is 6.21 Å². The van der Waals surface area contributed by atoms with Crippen LogP contribution < -0.4 is 5.73 Å². The Balaban J connectivity index is 2.72. The van der Waals surface area contributed by atoms with Crippen LogP contribution in [0.3, 0.4) is 0 Å². The third-order valence-electron chi connectivity index (χ3n) is 1.13. The van der Waals surface area contributed by atoms with Gasteiger partial charge < -0.3 is 5.73 Å². The fraction of sp³-hybridized carbons (Fsp3) is 0.125. The number of nitrogens with two attached hydrogens (primary N) is 1. The van der Waals surface area contributed by atoms with E-state index in [2.05, 4.69) is 4.99 Å². The highest BCUT2D eigenvalue weighted by Crippen LogP contribution is 1.90. The van der Waals surface area contributed by atoms with Crippen molar-refractivity contribution in [1.29, 1.82) is 0 Å². The van der Waals surface area contributed by atoms with Gasteiger partial charge in [0.2, 0.25) is 0 Å². The smallest absolute Gasteiger partial charge is 0.0592 e. The second kappa shape index (κ2) is 3.67. The number of aliphatic imine (C=N–C) groups is 1. The van der Waals surface area contributed by atoms with Crippen LogP contribution in [0.25, 0.3) is 0 Å². The van der Waals surface area contributed by atoms with Crippen LogP contribution in [0.15, 0.2) is 41.1 Å². The highest BCUT2D eigenvalue weighted by atomic mass is 14.7. The van der Waals surface area contributed by atoms with Crippen molar-refractivity contribution in [1.82, 2.24) is 0 Å². The number of hydrogen-bond donors (Lipinski definition) is 1. The first kappa shape index (κ1) is 6.81. The first-order valence-electron chi connectivity index (χ1n) is 3.18. The Morgan fingerprint density at radius 3 is 3.10 bits per heavy atom. The molecule has 0 spiro atoms. The van der Waals surface area contributed by atoms with E-state index in [-0.39, 0.29) is 0 Å². The lowest BCUT2D eigenvalue weighted by Gasteiger charge is -1.87. The molecule has 1 aliphatic rings. The monoisotopic (exact) mass is 134 g/mol. The molecule has 0 atom stereocenters. The minimum absolute atomic E-state index is 0.667. The first-order chi connectivity index (χ1) is 4.89. The molecule has 0 aliphatic carbocycles. The summed E-state index contributed by atoms with van der Waals surface area (Å²) in [4.78, 5) is 4.03. The molecule has 2 nitrogen and oxygen atoms in total. The summed E-state index contributed by atoms with van der Waals surface area (Å²) in [5.74, 6) is 0. The highest BCUT2D eigenvalue weighted by molar-refractivity contribution is 5.71. The van der Waals surface area contributed by atoms with Crippen molar-refractivity contribution in [3.63, 3.8) is 0 Å². The van der Waals surface area contributed by atoms with Crippen molar-refractivity contribution in [2.45, 2.75) is 0 Å². The SMILES string of the molecule is NC1=C/CN=C\C=C/C=C\1. The van der Waals surface area contributed by atoms with Crippen LogP contribution in [-0.4, -0.2) is 12.8 Å². The molecule has 1 heterocycles. The third-order valence-corrected chi connectivity index (χ3v) is 1.13. The third kappa shape index (κ3) is 2.31. The summed E-state index contributed by atoms with van der Waals surface area (Å²) in [6, 6.07) is 0. The Hall–Kier alpha value is -1.31. The van der Waals surface area contributed by atoms with Gasteiger partial charge >= 0.3 is 0 Å². The topological polar surface area (TPSA) is 38.4 Å². The zero-order valence-corrected chi connectivity index (χ0v) is 5.70. The molecule has 0 aromatic carbocycles. The molecule has 10 heavy (non-hydrogen) atoms. The van der Waals surface area contributed by atoms with E-state index in [4.69, 9.17) is 5.73 Å². The van der Waals surface area contributed by atoms with Crippen molar-refractivity contribution in [3.8, 4) is 0 Å². The summed E-state index contributed by atoms with van der Waals surface area (Å²) in [6.45, 7) is 0.667. The maximum absolute atomic E-state index is 5.54. The molecule has 0 radical (unpaired) electrons. The van der Waals surface area contributed by atoms with Crippen LogP contribution in [0.4, 0.5) is 0 Å². The van der Waals surface area contributed by atoms with E-state index in [1.807, 2.05) is 30.4 Å². The average molecular weight is 134 g/mol. The van der Waals surface area contributed by atoms with Gasteiger partial charge in [-0.3, -0.25) is 4.99 Å². The molecule has 1 rings (SSSR count). The van der Waals surface area contributed by atoms with Crippen molar-refractivity contribution < 1.29 is 0 Å². The first-order valence-corrected chi connectivity index (χ1v) is 3.18. The van der Waals surface area contributed by atoms with Crippen molar-refractivity contribution in [2.75, 3.05) is 6.54 Å². The molecule has 1 aliphatic heterocycles. The van der Waals surface area contributed by atoms with E-state index in [0.717, 1.165) is 5.70 Å². The van der Waals surface area contributed by atoms with Gasteiger partial charge in [0.15, 0.2) is 0 Å². The second-order valence-electron chi connectivity index (χ2n) is 1.96. The molecular formula is C8H10N2. The van der Waals surface area contributed by atoms with Gasteiger partial charge in [-0.2, -0.15) is 0 Å². The maximum atomic E-state index is 5.54. The predicted molar refractivity (Wildman–Crippen MR) is 43.9 cm³/mol. The van der Waals surface area contributed by atoms with Crippen molar-refractivity contribution >= 4 is 6.21 Å². The fourth-order valence-electron chi connectivity index (χ4n) is 0.628. The largest absolute Gasteiger partial charge is 0.399 e. The van der Waals surface area contributed by atoms with Crippen LogP contribution >= 0.6 is 0 Å². The van der Waals surface area contributed by atoms with Crippen LogP contribution in [-0.2, 0) is 0 Å². The Morgan fingerprint density at radius 2 is 2.20 bits per heavy atom. The van der Waals surface area contributed by atoms with Gasteiger partial charge in [0.25, 0.3) is 0 Å². The number of allylic oxidation sites excluding steroid dienone is 4. The Labute approximate surface area is 60.5 Å². The molecule has 0 fully saturated rings. The average Bonchev–Trinajstić information content (AvgIpc) is 2.02. The highest BCUT2D eigenvalue weighted by Gasteiger charge is 1.80.